The molecule has 0 saturated carbocycles. The average molecular weight is 481 g/mol. The molecule has 2 heterocycles. The van der Waals surface area contributed by atoms with Crippen LogP contribution in [0.5, 0.6) is 0 Å². The number of morpholine rings is 1. The Morgan fingerprint density at radius 1 is 1.09 bits per heavy atom. The van der Waals surface area contributed by atoms with Gasteiger partial charge in [0.15, 0.2) is 0 Å². The molecule has 0 aromatic heterocycles. The van der Waals surface area contributed by atoms with Gasteiger partial charge < -0.3 is 19.3 Å². The summed E-state index contributed by atoms with van der Waals surface area (Å²) in [4.78, 5) is 42.0. The second-order valence-electron chi connectivity index (χ2n) is 8.58. The topological polar surface area (TPSA) is 76.2 Å². The van der Waals surface area contributed by atoms with Crippen molar-refractivity contribution >= 4 is 17.8 Å². The van der Waals surface area contributed by atoms with Crippen molar-refractivity contribution in [1.82, 2.24) is 9.80 Å². The minimum absolute atomic E-state index is 0.0416. The van der Waals surface area contributed by atoms with E-state index in [1.807, 2.05) is 0 Å². The molecule has 0 aliphatic carbocycles. The van der Waals surface area contributed by atoms with E-state index in [1.165, 1.54) is 11.0 Å². The number of amides is 2. The third-order valence-corrected chi connectivity index (χ3v) is 6.44. The molecule has 4 rings (SSSR count). The number of allylic oxidation sites excluding steroid dienone is 1. The Hall–Kier alpha value is -3.52. The van der Waals surface area contributed by atoms with Crippen molar-refractivity contribution in [1.29, 1.82) is 0 Å². The maximum atomic E-state index is 14.6. The first kappa shape index (κ1) is 24.6. The molecule has 2 aromatic rings. The number of esters is 1. The van der Waals surface area contributed by atoms with Gasteiger partial charge in [-0.15, -0.1) is 0 Å². The molecule has 2 aliphatic rings. The fraction of sp³-hybridized carbons (Fsp3) is 0.370. The molecule has 0 bridgehead atoms. The molecule has 8 heteroatoms. The molecule has 2 amide bonds. The molecule has 0 N–H and O–H groups in total. The summed E-state index contributed by atoms with van der Waals surface area (Å²) < 4.78 is 25.2. The highest BCUT2D eigenvalue weighted by atomic mass is 19.1. The Labute approximate surface area is 204 Å². The molecule has 1 unspecified atom stereocenters. The molecule has 0 spiro atoms. The number of halogens is 1. The molecule has 2 aromatic carbocycles. The van der Waals surface area contributed by atoms with Crippen molar-refractivity contribution in [3.63, 3.8) is 0 Å². The van der Waals surface area contributed by atoms with E-state index in [0.717, 1.165) is 5.56 Å². The number of ether oxygens (including phenoxy) is 2. The van der Waals surface area contributed by atoms with Crippen LogP contribution >= 0.6 is 0 Å². The molecular weight excluding hydrogens is 451 g/mol. The number of carbonyl (C=O) groups excluding carboxylic acids is 3. The summed E-state index contributed by atoms with van der Waals surface area (Å²) in [7, 11) is 0. The number of benzene rings is 2. The van der Waals surface area contributed by atoms with Crippen LogP contribution in [-0.4, -0.2) is 60.5 Å². The van der Waals surface area contributed by atoms with Crippen LogP contribution in [0.3, 0.4) is 0 Å². The van der Waals surface area contributed by atoms with E-state index >= 15 is 0 Å². The van der Waals surface area contributed by atoms with Crippen LogP contribution in [0.1, 0.15) is 47.7 Å². The second-order valence-corrected chi connectivity index (χ2v) is 8.58. The van der Waals surface area contributed by atoms with Gasteiger partial charge in [0, 0.05) is 36.7 Å². The van der Waals surface area contributed by atoms with E-state index in [9.17, 15) is 18.8 Å². The van der Waals surface area contributed by atoms with Gasteiger partial charge in [-0.1, -0.05) is 30.3 Å². The molecule has 1 atom stereocenters. The van der Waals surface area contributed by atoms with Crippen LogP contribution in [0.15, 0.2) is 59.8 Å². The Morgan fingerprint density at radius 3 is 2.43 bits per heavy atom. The van der Waals surface area contributed by atoms with Gasteiger partial charge >= 0.3 is 5.97 Å². The zero-order valence-corrected chi connectivity index (χ0v) is 20.0. The molecular formula is C27H29FN2O5. The Morgan fingerprint density at radius 2 is 1.77 bits per heavy atom. The largest absolute Gasteiger partial charge is 0.463 e. The molecule has 35 heavy (non-hydrogen) atoms. The van der Waals surface area contributed by atoms with Crippen LogP contribution < -0.4 is 0 Å². The summed E-state index contributed by atoms with van der Waals surface area (Å²) >= 11 is 0. The lowest BCUT2D eigenvalue weighted by molar-refractivity contribution is -0.140. The molecule has 1 fully saturated rings. The summed E-state index contributed by atoms with van der Waals surface area (Å²) in [6, 6.07) is 13.3. The Balaban J connectivity index is 1.59. The summed E-state index contributed by atoms with van der Waals surface area (Å²) in [5, 5.41) is 0. The minimum atomic E-state index is -0.715. The maximum absolute atomic E-state index is 14.6. The lowest BCUT2D eigenvalue weighted by Gasteiger charge is -2.34. The van der Waals surface area contributed by atoms with Crippen molar-refractivity contribution in [2.75, 3.05) is 32.9 Å². The molecule has 7 nitrogen and oxygen atoms in total. The number of rotatable bonds is 6. The standard InChI is InChI=1S/C27H29FN2O5/c1-3-35-27(33)25-18(2)30(24(31)16-22(25)21-6-4-5-7-23(21)28)17-19-8-10-20(11-9-19)26(32)29-12-14-34-15-13-29/h4-11,22H,3,12-17H2,1-2H3. The van der Waals surface area contributed by atoms with E-state index in [2.05, 4.69) is 0 Å². The molecule has 1 saturated heterocycles. The van der Waals surface area contributed by atoms with Gasteiger partial charge in [-0.25, -0.2) is 9.18 Å². The predicted octanol–water partition coefficient (Wildman–Crippen LogP) is 3.65. The first-order chi connectivity index (χ1) is 16.9. The van der Waals surface area contributed by atoms with Crippen LogP contribution in [0.25, 0.3) is 0 Å². The third kappa shape index (κ3) is 5.27. The van der Waals surface area contributed by atoms with Gasteiger partial charge in [0.25, 0.3) is 5.91 Å². The van der Waals surface area contributed by atoms with E-state index in [-0.39, 0.29) is 37.0 Å². The number of carbonyl (C=O) groups is 3. The normalized spacial score (nSPS) is 18.6. The maximum Gasteiger partial charge on any atom is 0.336 e. The highest BCUT2D eigenvalue weighted by Gasteiger charge is 2.38. The summed E-state index contributed by atoms with van der Waals surface area (Å²) in [6.45, 7) is 5.98. The van der Waals surface area contributed by atoms with Gasteiger partial charge in [-0.3, -0.25) is 9.59 Å². The summed E-state index contributed by atoms with van der Waals surface area (Å²) in [6.07, 6.45) is -0.0416. The van der Waals surface area contributed by atoms with Crippen LogP contribution in [0.2, 0.25) is 0 Å². The van der Waals surface area contributed by atoms with Crippen molar-refractivity contribution in [2.24, 2.45) is 0 Å². The number of nitrogens with zero attached hydrogens (tertiary/aromatic N) is 2. The van der Waals surface area contributed by atoms with Crippen LogP contribution in [-0.2, 0) is 25.6 Å². The quantitative estimate of drug-likeness (QED) is 0.590. The number of hydrogen-bond donors (Lipinski definition) is 0. The van der Waals surface area contributed by atoms with Crippen LogP contribution in [0, 0.1) is 5.82 Å². The van der Waals surface area contributed by atoms with Crippen molar-refractivity contribution < 1.29 is 28.2 Å². The summed E-state index contributed by atoms with van der Waals surface area (Å²) in [5.41, 5.74) is 2.41. The zero-order valence-electron chi connectivity index (χ0n) is 20.0. The SMILES string of the molecule is CCOC(=O)C1=C(C)N(Cc2ccc(C(=O)N3CCOCC3)cc2)C(=O)CC1c1ccccc1F. The fourth-order valence-electron chi connectivity index (χ4n) is 4.58. The molecule has 0 radical (unpaired) electrons. The zero-order chi connectivity index (χ0) is 24.9. The second kappa shape index (κ2) is 10.8. The van der Waals surface area contributed by atoms with E-state index < -0.39 is 17.7 Å². The van der Waals surface area contributed by atoms with Gasteiger partial charge in [0.2, 0.25) is 5.91 Å². The molecule has 2 aliphatic heterocycles. The van der Waals surface area contributed by atoms with Crippen molar-refractivity contribution in [2.45, 2.75) is 32.7 Å². The lowest BCUT2D eigenvalue weighted by atomic mass is 9.83. The molecule has 184 valence electrons. The van der Waals surface area contributed by atoms with Gasteiger partial charge in [-0.2, -0.15) is 0 Å². The van der Waals surface area contributed by atoms with E-state index in [1.54, 1.807) is 61.2 Å². The first-order valence-corrected chi connectivity index (χ1v) is 11.8. The fourth-order valence-corrected chi connectivity index (χ4v) is 4.58. The van der Waals surface area contributed by atoms with Crippen LogP contribution in [0.4, 0.5) is 4.39 Å². The van der Waals surface area contributed by atoms with E-state index in [0.29, 0.717) is 43.1 Å². The minimum Gasteiger partial charge on any atom is -0.463 e. The highest BCUT2D eigenvalue weighted by molar-refractivity contribution is 5.96. The van der Waals surface area contributed by atoms with Gasteiger partial charge in [0.05, 0.1) is 31.9 Å². The average Bonchev–Trinajstić information content (AvgIpc) is 2.87. The first-order valence-electron chi connectivity index (χ1n) is 11.8. The smallest absolute Gasteiger partial charge is 0.336 e. The van der Waals surface area contributed by atoms with Crippen molar-refractivity contribution in [3.05, 3.63) is 82.3 Å². The lowest BCUT2D eigenvalue weighted by Crippen LogP contribution is -2.40. The third-order valence-electron chi connectivity index (χ3n) is 6.44. The summed E-state index contributed by atoms with van der Waals surface area (Å²) in [5.74, 6) is -2.00. The monoisotopic (exact) mass is 480 g/mol. The van der Waals surface area contributed by atoms with E-state index in [4.69, 9.17) is 9.47 Å². The predicted molar refractivity (Wildman–Crippen MR) is 127 cm³/mol. The Bertz CT molecular complexity index is 1140. The van der Waals surface area contributed by atoms with Gasteiger partial charge in [-0.05, 0) is 43.2 Å². The highest BCUT2D eigenvalue weighted by Crippen LogP contribution is 2.38. The van der Waals surface area contributed by atoms with Gasteiger partial charge in [0.1, 0.15) is 5.82 Å². The Kier molecular flexibility index (Phi) is 7.60. The van der Waals surface area contributed by atoms with Crippen molar-refractivity contribution in [3.8, 4) is 0 Å². The number of hydrogen-bond acceptors (Lipinski definition) is 5.